The number of nitrogens with zero attached hydrogens (tertiary/aromatic N) is 3. The summed E-state index contributed by atoms with van der Waals surface area (Å²) in [6.45, 7) is 3.79. The molecule has 1 aromatic heterocycles. The Morgan fingerprint density at radius 2 is 2.37 bits per heavy atom. The van der Waals surface area contributed by atoms with Gasteiger partial charge in [-0.2, -0.15) is 16.9 Å². The summed E-state index contributed by atoms with van der Waals surface area (Å²) in [7, 11) is 5.69. The van der Waals surface area contributed by atoms with Crippen molar-refractivity contribution < 1.29 is 9.84 Å². The van der Waals surface area contributed by atoms with Crippen molar-refractivity contribution in [1.29, 1.82) is 0 Å². The minimum Gasteiger partial charge on any atom is -0.493 e. The fraction of sp³-hybridized carbons (Fsp3) is 0.769. The van der Waals surface area contributed by atoms with Crippen LogP contribution in [-0.4, -0.2) is 58.5 Å². The minimum atomic E-state index is -0.821. The maximum Gasteiger partial charge on any atom is 0.162 e. The van der Waals surface area contributed by atoms with Crippen molar-refractivity contribution in [3.63, 3.8) is 0 Å². The van der Waals surface area contributed by atoms with Crippen molar-refractivity contribution in [1.82, 2.24) is 14.7 Å². The van der Waals surface area contributed by atoms with Gasteiger partial charge in [-0.3, -0.25) is 4.68 Å². The lowest BCUT2D eigenvalue weighted by Gasteiger charge is -2.24. The molecule has 6 heteroatoms. The standard InChI is InChI=1S/C13H23N3O2S/c1-10-7-13(17,9-19-10)12-11(18-4)8-14-16(12)6-5-15(2)3/h8,10,17H,5-7,9H2,1-4H3. The number of ether oxygens (including phenoxy) is 1. The molecule has 2 atom stereocenters. The van der Waals surface area contributed by atoms with E-state index in [1.165, 1.54) is 0 Å². The third kappa shape index (κ3) is 3.07. The highest BCUT2D eigenvalue weighted by molar-refractivity contribution is 8.00. The molecule has 0 saturated carbocycles. The van der Waals surface area contributed by atoms with Gasteiger partial charge >= 0.3 is 0 Å². The first-order valence-electron chi connectivity index (χ1n) is 6.55. The predicted octanol–water partition coefficient (Wildman–Crippen LogP) is 1.17. The molecule has 1 saturated heterocycles. The summed E-state index contributed by atoms with van der Waals surface area (Å²) in [5, 5.41) is 15.7. The van der Waals surface area contributed by atoms with Crippen LogP contribution in [0, 0.1) is 0 Å². The maximum atomic E-state index is 10.9. The quantitative estimate of drug-likeness (QED) is 0.880. The highest BCUT2D eigenvalue weighted by Crippen LogP contribution is 2.44. The molecule has 1 aliphatic heterocycles. The van der Waals surface area contributed by atoms with Gasteiger partial charge in [0.15, 0.2) is 5.75 Å². The van der Waals surface area contributed by atoms with E-state index in [9.17, 15) is 5.11 Å². The third-order valence-corrected chi connectivity index (χ3v) is 4.84. The van der Waals surface area contributed by atoms with Gasteiger partial charge in [0.05, 0.1) is 19.9 Å². The maximum absolute atomic E-state index is 10.9. The Kier molecular flexibility index (Phi) is 4.43. The monoisotopic (exact) mass is 285 g/mol. The van der Waals surface area contributed by atoms with Gasteiger partial charge in [0, 0.05) is 17.5 Å². The van der Waals surface area contributed by atoms with Crippen molar-refractivity contribution >= 4 is 11.8 Å². The van der Waals surface area contributed by atoms with E-state index in [-0.39, 0.29) is 0 Å². The number of thioether (sulfide) groups is 1. The SMILES string of the molecule is COc1cnn(CCN(C)C)c1C1(O)CSC(C)C1. The summed E-state index contributed by atoms with van der Waals surface area (Å²) in [6, 6.07) is 0. The topological polar surface area (TPSA) is 50.5 Å². The van der Waals surface area contributed by atoms with Gasteiger partial charge in [0.1, 0.15) is 11.3 Å². The zero-order chi connectivity index (χ0) is 14.0. The van der Waals surface area contributed by atoms with Crippen LogP contribution in [0.25, 0.3) is 0 Å². The summed E-state index contributed by atoms with van der Waals surface area (Å²) in [5.74, 6) is 1.40. The number of aromatic nitrogens is 2. The fourth-order valence-corrected chi connectivity index (χ4v) is 3.70. The van der Waals surface area contributed by atoms with Crippen LogP contribution in [-0.2, 0) is 12.1 Å². The molecule has 0 amide bonds. The van der Waals surface area contributed by atoms with Crippen molar-refractivity contribution in [3.8, 4) is 5.75 Å². The van der Waals surface area contributed by atoms with Gasteiger partial charge in [-0.05, 0) is 20.5 Å². The van der Waals surface area contributed by atoms with Crippen molar-refractivity contribution in [2.45, 2.75) is 30.7 Å². The second-order valence-electron chi connectivity index (χ2n) is 5.45. The molecule has 5 nitrogen and oxygen atoms in total. The summed E-state index contributed by atoms with van der Waals surface area (Å²) in [6.07, 6.45) is 2.46. The number of likely N-dealkylation sites (N-methyl/N-ethyl adjacent to an activating group) is 1. The van der Waals surface area contributed by atoms with Crippen LogP contribution < -0.4 is 4.74 Å². The number of hydrogen-bond donors (Lipinski definition) is 1. The van der Waals surface area contributed by atoms with Crippen molar-refractivity contribution in [2.24, 2.45) is 0 Å². The molecule has 1 aliphatic rings. The Morgan fingerprint density at radius 3 is 2.89 bits per heavy atom. The molecule has 0 spiro atoms. The van der Waals surface area contributed by atoms with Crippen molar-refractivity contribution in [3.05, 3.63) is 11.9 Å². The molecule has 2 heterocycles. The van der Waals surface area contributed by atoms with Gasteiger partial charge in [-0.15, -0.1) is 0 Å². The molecular formula is C13H23N3O2S. The summed E-state index contributed by atoms with van der Waals surface area (Å²) in [4.78, 5) is 2.11. The number of hydrogen-bond acceptors (Lipinski definition) is 5. The molecular weight excluding hydrogens is 262 g/mol. The number of methoxy groups -OCH3 is 1. The lowest BCUT2D eigenvalue weighted by atomic mass is 9.96. The van der Waals surface area contributed by atoms with E-state index < -0.39 is 5.60 Å². The zero-order valence-electron chi connectivity index (χ0n) is 12.1. The van der Waals surface area contributed by atoms with Crippen LogP contribution in [0.4, 0.5) is 0 Å². The van der Waals surface area contributed by atoms with E-state index in [0.717, 1.165) is 25.2 Å². The van der Waals surface area contributed by atoms with Gasteiger partial charge < -0.3 is 14.7 Å². The highest BCUT2D eigenvalue weighted by Gasteiger charge is 2.42. The number of rotatable bonds is 5. The predicted molar refractivity (Wildman–Crippen MR) is 77.8 cm³/mol. The van der Waals surface area contributed by atoms with Gasteiger partial charge in [-0.25, -0.2) is 0 Å². The lowest BCUT2D eigenvalue weighted by molar-refractivity contribution is 0.0483. The molecule has 1 aromatic rings. The summed E-state index contributed by atoms with van der Waals surface area (Å²) < 4.78 is 7.27. The van der Waals surface area contributed by atoms with E-state index in [1.54, 1.807) is 25.1 Å². The van der Waals surface area contributed by atoms with Crippen LogP contribution in [0.2, 0.25) is 0 Å². The van der Waals surface area contributed by atoms with Gasteiger partial charge in [0.25, 0.3) is 0 Å². The lowest BCUT2D eigenvalue weighted by Crippen LogP contribution is -2.31. The molecule has 0 aliphatic carbocycles. The molecule has 0 bridgehead atoms. The van der Waals surface area contributed by atoms with Gasteiger partial charge in [0.2, 0.25) is 0 Å². The second kappa shape index (κ2) is 5.73. The van der Waals surface area contributed by atoms with Crippen LogP contribution in [0.3, 0.4) is 0 Å². The average Bonchev–Trinajstić information content (AvgIpc) is 2.91. The van der Waals surface area contributed by atoms with E-state index in [4.69, 9.17) is 4.74 Å². The largest absolute Gasteiger partial charge is 0.493 e. The van der Waals surface area contributed by atoms with E-state index in [0.29, 0.717) is 16.8 Å². The number of aliphatic hydroxyl groups is 1. The van der Waals surface area contributed by atoms with E-state index in [1.807, 2.05) is 18.8 Å². The second-order valence-corrected chi connectivity index (χ2v) is 6.87. The molecule has 19 heavy (non-hydrogen) atoms. The van der Waals surface area contributed by atoms with Gasteiger partial charge in [-0.1, -0.05) is 6.92 Å². The molecule has 2 unspecified atom stereocenters. The molecule has 0 radical (unpaired) electrons. The molecule has 0 aromatic carbocycles. The van der Waals surface area contributed by atoms with Crippen LogP contribution in [0.1, 0.15) is 19.0 Å². The van der Waals surface area contributed by atoms with E-state index >= 15 is 0 Å². The molecule has 1 N–H and O–H groups in total. The van der Waals surface area contributed by atoms with Crippen LogP contribution in [0.15, 0.2) is 6.20 Å². The van der Waals surface area contributed by atoms with Crippen LogP contribution in [0.5, 0.6) is 5.75 Å². The smallest absolute Gasteiger partial charge is 0.162 e. The first-order valence-corrected chi connectivity index (χ1v) is 7.60. The minimum absolute atomic E-state index is 0.465. The Hall–Kier alpha value is -0.720. The Morgan fingerprint density at radius 1 is 1.63 bits per heavy atom. The Balaban J connectivity index is 2.28. The molecule has 2 rings (SSSR count). The fourth-order valence-electron chi connectivity index (χ4n) is 2.49. The Labute approximate surface area is 118 Å². The molecule has 108 valence electrons. The normalized spacial score (nSPS) is 27.2. The molecule has 1 fully saturated rings. The zero-order valence-corrected chi connectivity index (χ0v) is 12.9. The Bertz CT molecular complexity index is 436. The first kappa shape index (κ1) is 14.7. The van der Waals surface area contributed by atoms with Crippen LogP contribution >= 0.6 is 11.8 Å². The highest BCUT2D eigenvalue weighted by atomic mass is 32.2. The first-order chi connectivity index (χ1) is 8.96. The average molecular weight is 285 g/mol. The summed E-state index contributed by atoms with van der Waals surface area (Å²) >= 11 is 1.80. The summed E-state index contributed by atoms with van der Waals surface area (Å²) in [5.41, 5.74) is 0.00631. The van der Waals surface area contributed by atoms with Crippen molar-refractivity contribution in [2.75, 3.05) is 33.5 Å². The third-order valence-electron chi connectivity index (χ3n) is 3.46. The van der Waals surface area contributed by atoms with E-state index in [2.05, 4.69) is 16.9 Å².